The number of aliphatic hydroxyl groups is 1. The van der Waals surface area contributed by atoms with Crippen molar-refractivity contribution in [3.63, 3.8) is 0 Å². The van der Waals surface area contributed by atoms with Gasteiger partial charge in [0.05, 0.1) is 12.7 Å². The number of hydrogen-bond donors (Lipinski definition) is 2. The molecule has 0 radical (unpaired) electrons. The van der Waals surface area contributed by atoms with Gasteiger partial charge in [-0.15, -0.1) is 0 Å². The first-order valence-electron chi connectivity index (χ1n) is 7.98. The molecule has 0 spiro atoms. The summed E-state index contributed by atoms with van der Waals surface area (Å²) in [6.45, 7) is 1.47. The number of rotatable bonds is 5. The Kier molecular flexibility index (Phi) is 5.19. The second-order valence-corrected chi connectivity index (χ2v) is 5.99. The first kappa shape index (κ1) is 17.6. The van der Waals surface area contributed by atoms with Gasteiger partial charge in [-0.3, -0.25) is 4.57 Å². The van der Waals surface area contributed by atoms with Gasteiger partial charge >= 0.3 is 5.69 Å². The zero-order valence-corrected chi connectivity index (χ0v) is 13.7. The third-order valence-corrected chi connectivity index (χ3v) is 4.31. The highest BCUT2D eigenvalue weighted by Gasteiger charge is 2.43. The number of aromatic nitrogens is 2. The molecule has 1 aliphatic heterocycles. The highest BCUT2D eigenvalue weighted by molar-refractivity contribution is 6.58. The normalized spacial score (nSPS) is 25.9. The van der Waals surface area contributed by atoms with Crippen LogP contribution in [0, 0.1) is 5.92 Å². The third kappa shape index (κ3) is 3.59. The van der Waals surface area contributed by atoms with Crippen LogP contribution < -0.4 is 21.9 Å². The molecular weight excluding hydrogens is 325 g/mol. The minimum Gasteiger partial charge on any atom is -0.853 e. The van der Waals surface area contributed by atoms with Crippen molar-refractivity contribution in [2.45, 2.75) is 25.4 Å². The average Bonchev–Trinajstić information content (AvgIpc) is 2.92. The summed E-state index contributed by atoms with van der Waals surface area (Å²) in [5, 5.41) is 22.0. The van der Waals surface area contributed by atoms with Crippen molar-refractivity contribution in [3.05, 3.63) is 53.1 Å². The van der Waals surface area contributed by atoms with Gasteiger partial charge in [0.15, 0.2) is 0 Å². The molecule has 2 heterocycles. The second kappa shape index (κ2) is 7.36. The minimum atomic E-state index is -1.41. The number of anilines is 1. The molecule has 25 heavy (non-hydrogen) atoms. The Morgan fingerprint density at radius 1 is 1.40 bits per heavy atom. The van der Waals surface area contributed by atoms with Gasteiger partial charge in [-0.2, -0.15) is 4.98 Å². The molecule has 1 fully saturated rings. The van der Waals surface area contributed by atoms with Gasteiger partial charge in [0.1, 0.15) is 18.1 Å². The quantitative estimate of drug-likeness (QED) is 0.632. The number of nitrogens with zero attached hydrogens (tertiary/aromatic N) is 2. The number of benzene rings is 1. The van der Waals surface area contributed by atoms with Crippen LogP contribution in [0.15, 0.2) is 47.4 Å². The van der Waals surface area contributed by atoms with Crippen LogP contribution in [0.1, 0.15) is 13.2 Å². The monoisotopic (exact) mass is 344 g/mol. The lowest BCUT2D eigenvalue weighted by Crippen LogP contribution is -2.51. The third-order valence-electron chi connectivity index (χ3n) is 4.31. The molecule has 1 aliphatic rings. The van der Waals surface area contributed by atoms with Gasteiger partial charge in [0.25, 0.3) is 0 Å². The van der Waals surface area contributed by atoms with E-state index in [0.29, 0.717) is 5.46 Å². The predicted molar refractivity (Wildman–Crippen MR) is 89.8 cm³/mol. The molecule has 132 valence electrons. The second-order valence-electron chi connectivity index (χ2n) is 5.99. The van der Waals surface area contributed by atoms with Gasteiger partial charge < -0.3 is 25.3 Å². The lowest BCUT2D eigenvalue weighted by molar-refractivity contribution is -0.224. The van der Waals surface area contributed by atoms with Crippen molar-refractivity contribution < 1.29 is 19.5 Å². The Labute approximate surface area is 145 Å². The van der Waals surface area contributed by atoms with E-state index in [4.69, 9.17) is 15.1 Å². The van der Waals surface area contributed by atoms with Gasteiger partial charge in [-0.1, -0.05) is 42.7 Å². The number of ether oxygens (including phenoxy) is 1. The van der Waals surface area contributed by atoms with Gasteiger partial charge in [-0.05, 0) is 6.07 Å². The van der Waals surface area contributed by atoms with Crippen LogP contribution in [-0.4, -0.2) is 40.6 Å². The standard InChI is InChI=1S/C16H19BN3O5/c1-10-14(25-17(23)11-5-3-2-4-6-11)12(9-21)24-15(10)20-8-7-13(18)19-16(20)22/h2-8,10,12,14-15,21H,9H2,1H3,(H2,18,19,22)/q-1. The van der Waals surface area contributed by atoms with Crippen LogP contribution in [0.25, 0.3) is 0 Å². The largest absolute Gasteiger partial charge is 0.853 e. The maximum Gasteiger partial charge on any atom is 0.351 e. The summed E-state index contributed by atoms with van der Waals surface area (Å²) in [5.74, 6) is -0.234. The summed E-state index contributed by atoms with van der Waals surface area (Å²) < 4.78 is 12.7. The summed E-state index contributed by atoms with van der Waals surface area (Å²) in [4.78, 5) is 15.7. The smallest absolute Gasteiger partial charge is 0.351 e. The Hall–Kier alpha value is -2.20. The van der Waals surface area contributed by atoms with Crippen molar-refractivity contribution in [3.8, 4) is 0 Å². The van der Waals surface area contributed by atoms with E-state index in [1.54, 1.807) is 31.2 Å². The van der Waals surface area contributed by atoms with E-state index in [-0.39, 0.29) is 18.3 Å². The number of hydrogen-bond acceptors (Lipinski definition) is 7. The van der Waals surface area contributed by atoms with E-state index in [2.05, 4.69) is 4.98 Å². The van der Waals surface area contributed by atoms with E-state index in [1.807, 2.05) is 6.07 Å². The van der Waals surface area contributed by atoms with Crippen LogP contribution in [0.4, 0.5) is 5.82 Å². The van der Waals surface area contributed by atoms with Crippen LogP contribution >= 0.6 is 0 Å². The van der Waals surface area contributed by atoms with Gasteiger partial charge in [0.2, 0.25) is 7.12 Å². The number of nitrogen functional groups attached to an aromatic ring is 1. The molecule has 0 amide bonds. The fourth-order valence-corrected chi connectivity index (χ4v) is 3.01. The Bertz CT molecular complexity index is 772. The highest BCUT2D eigenvalue weighted by atomic mass is 16.6. The zero-order valence-electron chi connectivity index (χ0n) is 13.7. The van der Waals surface area contributed by atoms with E-state index in [9.17, 15) is 14.9 Å². The topological polar surface area (TPSA) is 123 Å². The fraction of sp³-hybridized carbons (Fsp3) is 0.375. The van der Waals surface area contributed by atoms with E-state index in [1.165, 1.54) is 16.8 Å². The van der Waals surface area contributed by atoms with Crippen molar-refractivity contribution >= 4 is 18.4 Å². The molecule has 1 aromatic heterocycles. The summed E-state index contributed by atoms with van der Waals surface area (Å²) in [5.41, 5.74) is 5.43. The average molecular weight is 344 g/mol. The Balaban J connectivity index is 1.81. The Morgan fingerprint density at radius 2 is 2.12 bits per heavy atom. The molecule has 0 aliphatic carbocycles. The summed E-state index contributed by atoms with van der Waals surface area (Å²) in [7, 11) is -1.41. The minimum absolute atomic E-state index is 0.113. The van der Waals surface area contributed by atoms with Crippen molar-refractivity contribution in [2.75, 3.05) is 12.3 Å². The highest BCUT2D eigenvalue weighted by Crippen LogP contribution is 2.35. The summed E-state index contributed by atoms with van der Waals surface area (Å²) in [6, 6.07) is 10.2. The lowest BCUT2D eigenvalue weighted by atomic mass is 9.78. The van der Waals surface area contributed by atoms with E-state index in [0.717, 1.165) is 0 Å². The fourth-order valence-electron chi connectivity index (χ4n) is 3.01. The van der Waals surface area contributed by atoms with Crippen molar-refractivity contribution in [1.82, 2.24) is 9.55 Å². The maximum atomic E-state index is 12.4. The van der Waals surface area contributed by atoms with Crippen molar-refractivity contribution in [2.24, 2.45) is 5.92 Å². The number of aliphatic hydroxyl groups excluding tert-OH is 1. The summed E-state index contributed by atoms with van der Waals surface area (Å²) >= 11 is 0. The molecule has 1 aromatic carbocycles. The zero-order chi connectivity index (χ0) is 18.0. The SMILES string of the molecule is CC1C(OB([O-])c2ccccc2)C(CO)OC1n1ccc(N)nc1=O. The van der Waals surface area contributed by atoms with Crippen LogP contribution in [0.2, 0.25) is 0 Å². The molecule has 3 N–H and O–H groups in total. The molecule has 3 rings (SSSR count). The molecule has 1 saturated heterocycles. The van der Waals surface area contributed by atoms with Crippen LogP contribution in [0.3, 0.4) is 0 Å². The van der Waals surface area contributed by atoms with Crippen LogP contribution in [0.5, 0.6) is 0 Å². The Morgan fingerprint density at radius 3 is 2.76 bits per heavy atom. The molecule has 4 atom stereocenters. The lowest BCUT2D eigenvalue weighted by Gasteiger charge is -2.29. The molecular formula is C16H19BN3O5-. The van der Waals surface area contributed by atoms with Crippen LogP contribution in [-0.2, 0) is 9.39 Å². The molecule has 8 nitrogen and oxygen atoms in total. The van der Waals surface area contributed by atoms with E-state index < -0.39 is 31.2 Å². The molecule has 0 bridgehead atoms. The van der Waals surface area contributed by atoms with Gasteiger partial charge in [-0.25, -0.2) is 4.79 Å². The predicted octanol–water partition coefficient (Wildman–Crippen LogP) is -1.51. The molecule has 4 unspecified atom stereocenters. The van der Waals surface area contributed by atoms with E-state index >= 15 is 0 Å². The first-order valence-corrected chi connectivity index (χ1v) is 7.98. The number of nitrogens with two attached hydrogens (primary N) is 1. The maximum absolute atomic E-state index is 12.4. The summed E-state index contributed by atoms with van der Waals surface area (Å²) in [6.07, 6.45) is -0.605. The molecule has 9 heteroatoms. The molecule has 2 aromatic rings. The van der Waals surface area contributed by atoms with Gasteiger partial charge in [0, 0.05) is 12.1 Å². The first-order chi connectivity index (χ1) is 12.0. The van der Waals surface area contributed by atoms with Crippen molar-refractivity contribution in [1.29, 1.82) is 0 Å². The molecule has 0 saturated carbocycles.